The maximum absolute atomic E-state index is 12.4. The van der Waals surface area contributed by atoms with Crippen LogP contribution >= 0.6 is 11.8 Å². The van der Waals surface area contributed by atoms with Gasteiger partial charge in [0.25, 0.3) is 0 Å². The Bertz CT molecular complexity index is 991. The number of ether oxygens (including phenoxy) is 1. The number of anilines is 2. The van der Waals surface area contributed by atoms with Gasteiger partial charge in [-0.1, -0.05) is 30.3 Å². The van der Waals surface area contributed by atoms with Crippen LogP contribution in [0.4, 0.5) is 11.4 Å². The molecule has 3 aromatic carbocycles. The minimum atomic E-state index is -0.367. The highest BCUT2D eigenvalue weighted by atomic mass is 32.2. The van der Waals surface area contributed by atoms with Gasteiger partial charge in [0.05, 0.1) is 11.0 Å². The number of aryl methyl sites for hydroxylation is 1. The molecule has 0 heterocycles. The number of benzene rings is 3. The third-order valence-corrected chi connectivity index (χ3v) is 5.38. The van der Waals surface area contributed by atoms with E-state index in [9.17, 15) is 9.59 Å². The van der Waals surface area contributed by atoms with Crippen LogP contribution in [0.15, 0.2) is 78.9 Å². The number of hydrogen-bond acceptors (Lipinski definition) is 4. The Balaban J connectivity index is 1.45. The van der Waals surface area contributed by atoms with Gasteiger partial charge in [-0.15, -0.1) is 11.8 Å². The lowest BCUT2D eigenvalue weighted by atomic mass is 10.2. The van der Waals surface area contributed by atoms with Crippen LogP contribution in [0.1, 0.15) is 12.5 Å². The van der Waals surface area contributed by atoms with Crippen molar-refractivity contribution in [2.45, 2.75) is 19.1 Å². The Hall–Kier alpha value is -3.25. The zero-order valence-corrected chi connectivity index (χ0v) is 17.7. The molecule has 3 aromatic rings. The minimum Gasteiger partial charge on any atom is -0.457 e. The lowest BCUT2D eigenvalue weighted by Gasteiger charge is -2.13. The predicted molar refractivity (Wildman–Crippen MR) is 123 cm³/mol. The number of carbonyl (C=O) groups excluding carboxylic acids is 2. The van der Waals surface area contributed by atoms with Gasteiger partial charge in [0.1, 0.15) is 11.5 Å². The molecule has 0 saturated carbocycles. The van der Waals surface area contributed by atoms with E-state index in [4.69, 9.17) is 4.74 Å². The number of hydrogen-bond donors (Lipinski definition) is 2. The first-order valence-electron chi connectivity index (χ1n) is 9.61. The van der Waals surface area contributed by atoms with Gasteiger partial charge in [0.2, 0.25) is 11.8 Å². The van der Waals surface area contributed by atoms with E-state index in [2.05, 4.69) is 10.6 Å². The van der Waals surface area contributed by atoms with E-state index < -0.39 is 0 Å². The molecule has 0 aliphatic rings. The third-order valence-electron chi connectivity index (χ3n) is 4.24. The Morgan fingerprint density at radius 3 is 2.27 bits per heavy atom. The molecule has 3 rings (SSSR count). The summed E-state index contributed by atoms with van der Waals surface area (Å²) in [5.41, 5.74) is 2.51. The van der Waals surface area contributed by atoms with Crippen molar-refractivity contribution in [3.8, 4) is 11.5 Å². The molecule has 6 heteroatoms. The number of thioether (sulfide) groups is 1. The van der Waals surface area contributed by atoms with Gasteiger partial charge in [0.15, 0.2) is 0 Å². The van der Waals surface area contributed by atoms with E-state index in [0.29, 0.717) is 11.4 Å². The maximum Gasteiger partial charge on any atom is 0.237 e. The van der Waals surface area contributed by atoms with Crippen molar-refractivity contribution in [3.63, 3.8) is 0 Å². The van der Waals surface area contributed by atoms with E-state index in [-0.39, 0.29) is 22.8 Å². The van der Waals surface area contributed by atoms with E-state index in [1.165, 1.54) is 11.8 Å². The van der Waals surface area contributed by atoms with E-state index in [1.54, 1.807) is 31.2 Å². The minimum absolute atomic E-state index is 0.132. The molecule has 0 aromatic heterocycles. The predicted octanol–water partition coefficient (Wildman–Crippen LogP) is 5.49. The number of para-hydroxylation sites is 1. The van der Waals surface area contributed by atoms with Crippen molar-refractivity contribution < 1.29 is 14.3 Å². The molecular weight excluding hydrogens is 396 g/mol. The highest BCUT2D eigenvalue weighted by molar-refractivity contribution is 8.01. The Labute approximate surface area is 180 Å². The van der Waals surface area contributed by atoms with Crippen LogP contribution in [0.3, 0.4) is 0 Å². The summed E-state index contributed by atoms with van der Waals surface area (Å²) < 4.78 is 5.75. The lowest BCUT2D eigenvalue weighted by Crippen LogP contribution is -2.25. The maximum atomic E-state index is 12.4. The quantitative estimate of drug-likeness (QED) is 0.506. The fourth-order valence-electron chi connectivity index (χ4n) is 2.67. The van der Waals surface area contributed by atoms with Gasteiger partial charge in [-0.05, 0) is 67.9 Å². The molecule has 0 saturated heterocycles. The van der Waals surface area contributed by atoms with Gasteiger partial charge in [-0.2, -0.15) is 0 Å². The van der Waals surface area contributed by atoms with Crippen LogP contribution in [-0.4, -0.2) is 22.8 Å². The number of carbonyl (C=O) groups is 2. The smallest absolute Gasteiger partial charge is 0.237 e. The summed E-state index contributed by atoms with van der Waals surface area (Å²) >= 11 is 1.29. The second kappa shape index (κ2) is 10.5. The zero-order valence-electron chi connectivity index (χ0n) is 16.9. The van der Waals surface area contributed by atoms with Crippen molar-refractivity contribution in [2.75, 3.05) is 16.4 Å². The topological polar surface area (TPSA) is 67.4 Å². The van der Waals surface area contributed by atoms with E-state index in [1.807, 2.05) is 61.5 Å². The molecule has 0 aliphatic carbocycles. The molecule has 0 radical (unpaired) electrons. The Kier molecular flexibility index (Phi) is 7.51. The first-order chi connectivity index (χ1) is 14.5. The number of amides is 2. The largest absolute Gasteiger partial charge is 0.457 e. The molecule has 154 valence electrons. The second-order valence-corrected chi connectivity index (χ2v) is 8.13. The zero-order chi connectivity index (χ0) is 21.3. The van der Waals surface area contributed by atoms with E-state index in [0.717, 1.165) is 17.0 Å². The number of nitrogens with one attached hydrogen (secondary N) is 2. The van der Waals surface area contributed by atoms with Gasteiger partial charge in [0, 0.05) is 11.4 Å². The van der Waals surface area contributed by atoms with Crippen LogP contribution in [0.5, 0.6) is 11.5 Å². The highest BCUT2D eigenvalue weighted by Crippen LogP contribution is 2.23. The summed E-state index contributed by atoms with van der Waals surface area (Å²) in [6, 6.07) is 24.3. The monoisotopic (exact) mass is 420 g/mol. The standard InChI is InChI=1S/C24H24N2O3S/c1-17-7-6-8-20(15-17)25-23(27)16-30-18(2)24(28)26-19-11-13-22(14-12-19)29-21-9-4-3-5-10-21/h3-15,18H,16H2,1-2H3,(H,25,27)(H,26,28). The summed E-state index contributed by atoms with van der Waals surface area (Å²) in [6.07, 6.45) is 0. The van der Waals surface area contributed by atoms with Crippen molar-refractivity contribution >= 4 is 35.0 Å². The van der Waals surface area contributed by atoms with Crippen LogP contribution in [-0.2, 0) is 9.59 Å². The molecule has 1 atom stereocenters. The SMILES string of the molecule is Cc1cccc(NC(=O)CSC(C)C(=O)Nc2ccc(Oc3ccccc3)cc2)c1. The lowest BCUT2D eigenvalue weighted by molar-refractivity contribution is -0.115. The highest BCUT2D eigenvalue weighted by Gasteiger charge is 2.15. The van der Waals surface area contributed by atoms with Crippen molar-refractivity contribution in [3.05, 3.63) is 84.4 Å². The van der Waals surface area contributed by atoms with E-state index >= 15 is 0 Å². The molecule has 30 heavy (non-hydrogen) atoms. The van der Waals surface area contributed by atoms with Crippen molar-refractivity contribution in [2.24, 2.45) is 0 Å². The van der Waals surface area contributed by atoms with Crippen molar-refractivity contribution in [1.82, 2.24) is 0 Å². The van der Waals surface area contributed by atoms with Gasteiger partial charge < -0.3 is 15.4 Å². The molecule has 0 bridgehead atoms. The first kappa shape index (κ1) is 21.5. The van der Waals surface area contributed by atoms with Crippen LogP contribution in [0, 0.1) is 6.92 Å². The molecular formula is C24H24N2O3S. The summed E-state index contributed by atoms with van der Waals surface area (Å²) in [5.74, 6) is 1.36. The van der Waals surface area contributed by atoms with Crippen LogP contribution < -0.4 is 15.4 Å². The van der Waals surface area contributed by atoms with Gasteiger partial charge in [-0.25, -0.2) is 0 Å². The molecule has 2 N–H and O–H groups in total. The Morgan fingerprint density at radius 1 is 0.867 bits per heavy atom. The number of rotatable bonds is 8. The first-order valence-corrected chi connectivity index (χ1v) is 10.7. The van der Waals surface area contributed by atoms with Crippen LogP contribution in [0.2, 0.25) is 0 Å². The molecule has 0 spiro atoms. The van der Waals surface area contributed by atoms with Crippen LogP contribution in [0.25, 0.3) is 0 Å². The third kappa shape index (κ3) is 6.67. The molecule has 2 amide bonds. The molecule has 5 nitrogen and oxygen atoms in total. The Morgan fingerprint density at radius 2 is 1.57 bits per heavy atom. The molecule has 0 fully saturated rings. The van der Waals surface area contributed by atoms with Crippen molar-refractivity contribution in [1.29, 1.82) is 0 Å². The summed E-state index contributed by atoms with van der Waals surface area (Å²) in [5, 5.41) is 5.35. The average molecular weight is 421 g/mol. The summed E-state index contributed by atoms with van der Waals surface area (Å²) in [6.45, 7) is 3.75. The van der Waals surface area contributed by atoms with Gasteiger partial charge in [-0.3, -0.25) is 9.59 Å². The molecule has 0 aliphatic heterocycles. The fourth-order valence-corrected chi connectivity index (χ4v) is 3.35. The summed E-state index contributed by atoms with van der Waals surface area (Å²) in [4.78, 5) is 24.5. The average Bonchev–Trinajstić information content (AvgIpc) is 2.74. The van der Waals surface area contributed by atoms with Gasteiger partial charge >= 0.3 is 0 Å². The fraction of sp³-hybridized carbons (Fsp3) is 0.167. The second-order valence-electron chi connectivity index (χ2n) is 6.80. The normalized spacial score (nSPS) is 11.4. The summed E-state index contributed by atoms with van der Waals surface area (Å²) in [7, 11) is 0. The molecule has 1 unspecified atom stereocenters.